The Hall–Kier alpha value is -4.11. The lowest BCUT2D eigenvalue weighted by Crippen LogP contribution is -2.81. The van der Waals surface area contributed by atoms with Crippen molar-refractivity contribution in [2.45, 2.75) is 124 Å². The van der Waals surface area contributed by atoms with Crippen LogP contribution in [-0.2, 0) is 26.3 Å². The molecule has 15 unspecified atom stereocenters. The number of aliphatic hydroxyl groups is 5. The first-order valence-corrected chi connectivity index (χ1v) is 23.4. The largest absolute Gasteiger partial charge is 0.508 e. The maximum Gasteiger partial charge on any atom is 0.343 e. The summed E-state index contributed by atoms with van der Waals surface area (Å²) in [6, 6.07) is 21.9. The molecule has 6 aliphatic carbocycles. The van der Waals surface area contributed by atoms with Gasteiger partial charge in [0.2, 0.25) is 5.79 Å². The average Bonchev–Trinajstić information content (AvgIpc) is 3.99. The molecule has 12 heteroatoms. The number of phenolic OH excluding ortho intramolecular Hbond substituents is 1. The fraction of sp³-hybridized carbons (Fsp3) is 0.549. The molecule has 5 aromatic rings. The minimum atomic E-state index is -2.56. The zero-order valence-electron chi connectivity index (χ0n) is 35.4. The number of aliphatic hydroxyl groups excluding tert-OH is 2. The number of aromatic amines is 1. The van der Waals surface area contributed by atoms with Crippen LogP contribution < -0.4 is 10.1 Å². The summed E-state index contributed by atoms with van der Waals surface area (Å²) in [5, 5.41) is 81.1. The first kappa shape index (κ1) is 39.3. The Labute approximate surface area is 364 Å². The maximum absolute atomic E-state index is 15.1. The maximum atomic E-state index is 15.1. The predicted molar refractivity (Wildman–Crippen MR) is 232 cm³/mol. The quantitative estimate of drug-likeness (QED) is 0.0817. The molecule has 13 rings (SSSR count). The molecular formula is C51H56N2O10. The van der Waals surface area contributed by atoms with Crippen molar-refractivity contribution in [3.05, 3.63) is 83.6 Å². The Kier molecular flexibility index (Phi) is 8.13. The molecule has 2 saturated heterocycles. The normalized spacial score (nSPS) is 43.0. The van der Waals surface area contributed by atoms with Gasteiger partial charge in [0.1, 0.15) is 18.0 Å². The lowest BCUT2D eigenvalue weighted by atomic mass is 9.36. The van der Waals surface area contributed by atoms with Crippen LogP contribution in [0.25, 0.3) is 32.4 Å². The molecule has 2 aliphatic heterocycles. The van der Waals surface area contributed by atoms with E-state index in [9.17, 15) is 30.6 Å². The number of esters is 1. The van der Waals surface area contributed by atoms with Gasteiger partial charge >= 0.3 is 5.97 Å². The van der Waals surface area contributed by atoms with E-state index in [0.29, 0.717) is 43.1 Å². The van der Waals surface area contributed by atoms with E-state index in [0.717, 1.165) is 53.6 Å². The van der Waals surface area contributed by atoms with E-state index >= 15 is 4.79 Å². The summed E-state index contributed by atoms with van der Waals surface area (Å²) in [7, 11) is 1.92. The van der Waals surface area contributed by atoms with Crippen LogP contribution in [0.1, 0.15) is 86.9 Å². The van der Waals surface area contributed by atoms with Crippen molar-refractivity contribution in [3.63, 3.8) is 0 Å². The fourth-order valence-corrected chi connectivity index (χ4v) is 16.9. The van der Waals surface area contributed by atoms with Crippen LogP contribution in [0.4, 0.5) is 0 Å². The van der Waals surface area contributed by atoms with Crippen LogP contribution in [0.15, 0.2) is 66.7 Å². The molecule has 4 aromatic carbocycles. The van der Waals surface area contributed by atoms with Crippen molar-refractivity contribution < 1.29 is 49.6 Å². The highest BCUT2D eigenvalue weighted by Gasteiger charge is 2.85. The molecule has 5 saturated carbocycles. The molecule has 15 atom stereocenters. The Morgan fingerprint density at radius 3 is 2.51 bits per heavy atom. The molecule has 3 heterocycles. The number of hydrogen-bond acceptors (Lipinski definition) is 11. The molecule has 7 fully saturated rings. The van der Waals surface area contributed by atoms with Crippen LogP contribution in [0.5, 0.6) is 11.5 Å². The van der Waals surface area contributed by atoms with Gasteiger partial charge in [0.05, 0.1) is 34.9 Å². The third kappa shape index (κ3) is 4.53. The molecule has 12 nitrogen and oxygen atoms in total. The summed E-state index contributed by atoms with van der Waals surface area (Å²) in [5.41, 5.74) is -1.45. The van der Waals surface area contributed by atoms with Gasteiger partial charge in [-0.1, -0.05) is 36.4 Å². The number of aromatic hydroxyl groups is 1. The Balaban J connectivity index is 0.981. The highest BCUT2D eigenvalue weighted by molar-refractivity contribution is 6.14. The molecule has 1 aromatic heterocycles. The summed E-state index contributed by atoms with van der Waals surface area (Å²) in [6.07, 6.45) is 1.58. The molecule has 63 heavy (non-hydrogen) atoms. The van der Waals surface area contributed by atoms with E-state index in [-0.39, 0.29) is 53.2 Å². The Morgan fingerprint density at radius 1 is 0.889 bits per heavy atom. The van der Waals surface area contributed by atoms with Gasteiger partial charge < -0.3 is 55.2 Å². The standard InChI is InChI=1S/C51H56N2O10/c1-52-23-31-21-35-37-11-13-40(56)51(60)50(37,59)45(43(63-51)46(57)61-42-39(24-54)53-38-12-6-27-18-25-4-2-3-5-26(25)20-34(27)41(38)42)62-44(35)47-16-15-29-7-8-30-19-28(14-17-48(31,47)58)33-22-32(55)9-10-36(33)49(29,30)47/h2-6,9-10,12,18,20,22,28-31,35,37,40,43-45,52-56,58-60H,7-8,11,13-17,19,21,23-24H2,1H3. The van der Waals surface area contributed by atoms with E-state index in [2.05, 4.69) is 22.4 Å². The third-order valence-electron chi connectivity index (χ3n) is 18.9. The summed E-state index contributed by atoms with van der Waals surface area (Å²) < 4.78 is 20.3. The second-order valence-corrected chi connectivity index (χ2v) is 20.8. The van der Waals surface area contributed by atoms with Crippen molar-refractivity contribution in [1.82, 2.24) is 10.3 Å². The lowest BCUT2D eigenvalue weighted by Gasteiger charge is -2.72. The van der Waals surface area contributed by atoms with E-state index in [1.807, 2.05) is 55.6 Å². The van der Waals surface area contributed by atoms with E-state index in [1.54, 1.807) is 6.07 Å². The number of nitrogens with one attached hydrogen (secondary N) is 2. The molecular weight excluding hydrogens is 801 g/mol. The van der Waals surface area contributed by atoms with Gasteiger partial charge in [-0.3, -0.25) is 0 Å². The highest BCUT2D eigenvalue weighted by atomic mass is 16.7. The van der Waals surface area contributed by atoms with Crippen molar-refractivity contribution in [1.29, 1.82) is 0 Å². The zero-order chi connectivity index (χ0) is 43.0. The first-order chi connectivity index (χ1) is 30.4. The van der Waals surface area contributed by atoms with Crippen LogP contribution in [0.2, 0.25) is 0 Å². The highest BCUT2D eigenvalue weighted by Crippen LogP contribution is 2.81. The fourth-order valence-electron chi connectivity index (χ4n) is 16.9. The summed E-state index contributed by atoms with van der Waals surface area (Å²) in [5.74, 6) is -3.63. The number of fused-ring (bicyclic) bond motifs is 9. The van der Waals surface area contributed by atoms with Gasteiger partial charge in [-0.05, 0) is 158 Å². The lowest BCUT2D eigenvalue weighted by molar-refractivity contribution is -0.380. The van der Waals surface area contributed by atoms with E-state index in [1.165, 1.54) is 11.1 Å². The number of phenols is 1. The minimum absolute atomic E-state index is 0.116. The third-order valence-corrected chi connectivity index (χ3v) is 18.9. The number of carbonyl (C=O) groups excluding carboxylic acids is 1. The van der Waals surface area contributed by atoms with Crippen molar-refractivity contribution in [3.8, 4) is 11.5 Å². The van der Waals surface area contributed by atoms with E-state index in [4.69, 9.17) is 14.2 Å². The number of benzene rings is 4. The van der Waals surface area contributed by atoms with Gasteiger partial charge in [0.15, 0.2) is 17.5 Å². The van der Waals surface area contributed by atoms with Gasteiger partial charge in [0.25, 0.3) is 0 Å². The second-order valence-electron chi connectivity index (χ2n) is 20.8. The number of aromatic nitrogens is 1. The number of rotatable bonds is 5. The molecule has 330 valence electrons. The van der Waals surface area contributed by atoms with Gasteiger partial charge in [-0.15, -0.1) is 0 Å². The number of H-pyrrole nitrogens is 1. The van der Waals surface area contributed by atoms with Crippen molar-refractivity contribution >= 4 is 38.4 Å². The molecule has 0 radical (unpaired) electrons. The second kappa shape index (κ2) is 13.0. The number of carbonyl (C=O) groups is 1. The van der Waals surface area contributed by atoms with Gasteiger partial charge in [-0.2, -0.15) is 0 Å². The summed E-state index contributed by atoms with van der Waals surface area (Å²) >= 11 is 0. The average molecular weight is 857 g/mol. The topological polar surface area (TPSA) is 194 Å². The SMILES string of the molecule is CNCC1CC2C3CCC(O)C4(O)OC(C(=O)Oc5c(CO)[nH]c6ccc7cc8ccccc8cc7c56)C(OC2C25CCC6CCC7CC(CCC12O)c1cc(O)ccc1C675)C34O. The molecule has 2 spiro atoms. The molecule has 0 amide bonds. The van der Waals surface area contributed by atoms with Crippen LogP contribution in [-0.4, -0.2) is 96.6 Å². The zero-order valence-corrected chi connectivity index (χ0v) is 35.4. The van der Waals surface area contributed by atoms with Crippen molar-refractivity contribution in [2.24, 2.45) is 35.0 Å². The predicted octanol–water partition coefficient (Wildman–Crippen LogP) is 5.55. The monoisotopic (exact) mass is 856 g/mol. The van der Waals surface area contributed by atoms with Crippen molar-refractivity contribution in [2.75, 3.05) is 13.6 Å². The van der Waals surface area contributed by atoms with Crippen LogP contribution >= 0.6 is 0 Å². The molecule has 8 aliphatic rings. The Bertz CT molecular complexity index is 2760. The number of hydrogen-bond donors (Lipinski definition) is 8. The van der Waals surface area contributed by atoms with Crippen LogP contribution in [0, 0.1) is 35.0 Å². The molecule has 8 N–H and O–H groups in total. The first-order valence-electron chi connectivity index (χ1n) is 23.4. The smallest absolute Gasteiger partial charge is 0.343 e. The minimum Gasteiger partial charge on any atom is -0.508 e. The van der Waals surface area contributed by atoms with Gasteiger partial charge in [-0.25, -0.2) is 4.79 Å². The van der Waals surface area contributed by atoms with E-state index < -0.39 is 70.7 Å². The summed E-state index contributed by atoms with van der Waals surface area (Å²) in [6.45, 7) is 0.0881. The van der Waals surface area contributed by atoms with Gasteiger partial charge in [0, 0.05) is 29.2 Å². The number of ether oxygens (including phenoxy) is 3. The molecule has 2 bridgehead atoms. The van der Waals surface area contributed by atoms with Crippen LogP contribution in [0.3, 0.4) is 0 Å². The summed E-state index contributed by atoms with van der Waals surface area (Å²) in [4.78, 5) is 18.3. The Morgan fingerprint density at radius 2 is 1.70 bits per heavy atom.